The number of nitrogens with two attached hydrogens (primary N) is 1. The van der Waals surface area contributed by atoms with Crippen molar-refractivity contribution in [2.75, 3.05) is 18.6 Å². The Balaban J connectivity index is 1.92. The van der Waals surface area contributed by atoms with Crippen molar-refractivity contribution < 1.29 is 32.6 Å². The van der Waals surface area contributed by atoms with E-state index in [2.05, 4.69) is 0 Å². The second kappa shape index (κ2) is 9.84. The summed E-state index contributed by atoms with van der Waals surface area (Å²) in [7, 11) is -2.47. The van der Waals surface area contributed by atoms with Crippen LogP contribution in [0.15, 0.2) is 83.3 Å². The fraction of sp³-hybridized carbons (Fsp3) is 0.154. The molecule has 186 valence electrons. The van der Waals surface area contributed by atoms with Gasteiger partial charge in [-0.1, -0.05) is 24.3 Å². The zero-order chi connectivity index (χ0) is 26.0. The van der Waals surface area contributed by atoms with Gasteiger partial charge in [-0.15, -0.1) is 0 Å². The van der Waals surface area contributed by atoms with Gasteiger partial charge in [0.05, 0.1) is 30.2 Å². The maximum Gasteiger partial charge on any atom is 0.300 e. The topological polar surface area (TPSA) is 136 Å². The third-order valence-corrected chi connectivity index (χ3v) is 6.65. The van der Waals surface area contributed by atoms with Crippen LogP contribution in [0.2, 0.25) is 0 Å². The van der Waals surface area contributed by atoms with Crippen LogP contribution >= 0.6 is 0 Å². The normalized spacial score (nSPS) is 17.3. The number of Topliss-reactive ketones (excluding diaryl/α,β-unsaturated/α-hetero) is 1. The lowest BCUT2D eigenvalue weighted by Gasteiger charge is -2.26. The maximum absolute atomic E-state index is 13.3. The molecule has 3 N–H and O–H groups in total. The second-order valence-corrected chi connectivity index (χ2v) is 9.51. The number of ketones is 1. The first-order chi connectivity index (χ1) is 17.2. The van der Waals surface area contributed by atoms with Gasteiger partial charge in [-0.05, 0) is 61.0 Å². The third kappa shape index (κ3) is 4.68. The third-order valence-electron chi connectivity index (χ3n) is 5.72. The molecule has 1 saturated heterocycles. The molecule has 0 spiro atoms. The first-order valence-electron chi connectivity index (χ1n) is 11.0. The van der Waals surface area contributed by atoms with Gasteiger partial charge < -0.3 is 14.6 Å². The van der Waals surface area contributed by atoms with E-state index in [1.807, 2.05) is 6.92 Å². The molecule has 0 aromatic heterocycles. The number of aliphatic hydroxyl groups excluding tert-OH is 1. The average Bonchev–Trinajstić information content (AvgIpc) is 3.14. The molecule has 3 aromatic carbocycles. The number of hydrogen-bond donors (Lipinski definition) is 2. The fourth-order valence-corrected chi connectivity index (χ4v) is 4.59. The Kier molecular flexibility index (Phi) is 6.82. The number of benzene rings is 3. The van der Waals surface area contributed by atoms with Crippen molar-refractivity contribution in [2.45, 2.75) is 17.9 Å². The van der Waals surface area contributed by atoms with E-state index in [0.29, 0.717) is 29.2 Å². The molecule has 1 fully saturated rings. The van der Waals surface area contributed by atoms with Crippen LogP contribution in [0.1, 0.15) is 24.1 Å². The predicted molar refractivity (Wildman–Crippen MR) is 133 cm³/mol. The SMILES string of the molecule is CCOc1cccc(/C(O)=C2\C(=O)C(=O)N(c3ccc(S(N)(=O)=O)cc3)C2c2cccc(OC)c2)c1. The molecule has 1 atom stereocenters. The first kappa shape index (κ1) is 25.0. The molecule has 9 nitrogen and oxygen atoms in total. The highest BCUT2D eigenvalue weighted by Gasteiger charge is 2.47. The van der Waals surface area contributed by atoms with E-state index in [0.717, 1.165) is 0 Å². The molecule has 1 heterocycles. The lowest BCUT2D eigenvalue weighted by atomic mass is 9.95. The second-order valence-electron chi connectivity index (χ2n) is 7.95. The number of methoxy groups -OCH3 is 1. The van der Waals surface area contributed by atoms with E-state index in [-0.39, 0.29) is 21.9 Å². The van der Waals surface area contributed by atoms with Gasteiger partial charge in [0.1, 0.15) is 17.3 Å². The van der Waals surface area contributed by atoms with Crippen LogP contribution in [-0.4, -0.2) is 38.9 Å². The Bertz CT molecular complexity index is 1460. The molecule has 0 bridgehead atoms. The van der Waals surface area contributed by atoms with Gasteiger partial charge >= 0.3 is 0 Å². The number of ether oxygens (including phenoxy) is 2. The Labute approximate surface area is 208 Å². The number of carbonyl (C=O) groups is 2. The standard InChI is InChI=1S/C26H24N2O7S/c1-3-35-20-9-5-7-17(15-20)24(29)22-23(16-6-4-8-19(14-16)34-2)28(26(31)25(22)30)18-10-12-21(13-11-18)36(27,32)33/h4-15,23,29H,3H2,1-2H3,(H2,27,32,33)/b24-22+. The first-order valence-corrected chi connectivity index (χ1v) is 12.5. The zero-order valence-electron chi connectivity index (χ0n) is 19.5. The summed E-state index contributed by atoms with van der Waals surface area (Å²) >= 11 is 0. The smallest absolute Gasteiger partial charge is 0.300 e. The lowest BCUT2D eigenvalue weighted by Crippen LogP contribution is -2.29. The number of amides is 1. The molecule has 0 saturated carbocycles. The van der Waals surface area contributed by atoms with Crippen LogP contribution in [-0.2, 0) is 19.6 Å². The van der Waals surface area contributed by atoms with Crippen molar-refractivity contribution in [1.29, 1.82) is 0 Å². The molecule has 10 heteroatoms. The molecule has 1 aliphatic rings. The Morgan fingerprint density at radius 2 is 1.67 bits per heavy atom. The molecule has 4 rings (SSSR count). The van der Waals surface area contributed by atoms with E-state index >= 15 is 0 Å². The predicted octanol–water partition coefficient (Wildman–Crippen LogP) is 3.37. The van der Waals surface area contributed by atoms with Gasteiger partial charge in [0.25, 0.3) is 11.7 Å². The average molecular weight is 509 g/mol. The summed E-state index contributed by atoms with van der Waals surface area (Å²) in [5.74, 6) is -1.16. The lowest BCUT2D eigenvalue weighted by molar-refractivity contribution is -0.132. The van der Waals surface area contributed by atoms with E-state index in [4.69, 9.17) is 14.6 Å². The van der Waals surface area contributed by atoms with Crippen molar-refractivity contribution in [3.05, 3.63) is 89.5 Å². The molecule has 1 unspecified atom stereocenters. The Morgan fingerprint density at radius 1 is 1.00 bits per heavy atom. The summed E-state index contributed by atoms with van der Waals surface area (Å²) in [6.07, 6.45) is 0. The summed E-state index contributed by atoms with van der Waals surface area (Å²) < 4.78 is 34.2. The van der Waals surface area contributed by atoms with E-state index in [9.17, 15) is 23.1 Å². The molecule has 36 heavy (non-hydrogen) atoms. The molecule has 1 amide bonds. The van der Waals surface area contributed by atoms with Crippen molar-refractivity contribution in [3.63, 3.8) is 0 Å². The number of rotatable bonds is 7. The number of primary sulfonamides is 1. The van der Waals surface area contributed by atoms with Gasteiger partial charge in [-0.3, -0.25) is 14.5 Å². The summed E-state index contributed by atoms with van der Waals surface area (Å²) in [6.45, 7) is 2.23. The Morgan fingerprint density at radius 3 is 2.31 bits per heavy atom. The van der Waals surface area contributed by atoms with Crippen molar-refractivity contribution in [1.82, 2.24) is 0 Å². The molecular formula is C26H24N2O7S. The van der Waals surface area contributed by atoms with Crippen LogP contribution < -0.4 is 19.5 Å². The van der Waals surface area contributed by atoms with Crippen LogP contribution in [0.3, 0.4) is 0 Å². The van der Waals surface area contributed by atoms with E-state index in [1.165, 1.54) is 36.3 Å². The number of aliphatic hydroxyl groups is 1. The Hall–Kier alpha value is -4.15. The van der Waals surface area contributed by atoms with E-state index in [1.54, 1.807) is 48.5 Å². The molecule has 1 aliphatic heterocycles. The van der Waals surface area contributed by atoms with Crippen molar-refractivity contribution in [2.24, 2.45) is 5.14 Å². The largest absolute Gasteiger partial charge is 0.507 e. The number of sulfonamides is 1. The van der Waals surface area contributed by atoms with Crippen LogP contribution in [0.4, 0.5) is 5.69 Å². The summed E-state index contributed by atoms with van der Waals surface area (Å²) in [6, 6.07) is 17.6. The van der Waals surface area contributed by atoms with Crippen LogP contribution in [0, 0.1) is 0 Å². The van der Waals surface area contributed by atoms with Gasteiger partial charge in [-0.25, -0.2) is 13.6 Å². The number of carbonyl (C=O) groups excluding carboxylic acids is 2. The van der Waals surface area contributed by atoms with Gasteiger partial charge in [0.15, 0.2) is 0 Å². The number of anilines is 1. The highest BCUT2D eigenvalue weighted by atomic mass is 32.2. The maximum atomic E-state index is 13.3. The minimum Gasteiger partial charge on any atom is -0.507 e. The zero-order valence-corrected chi connectivity index (χ0v) is 20.4. The molecule has 0 radical (unpaired) electrons. The molecular weight excluding hydrogens is 484 g/mol. The van der Waals surface area contributed by atoms with Crippen LogP contribution in [0.25, 0.3) is 5.76 Å². The minimum absolute atomic E-state index is 0.127. The quantitative estimate of drug-likeness (QED) is 0.284. The van der Waals surface area contributed by atoms with Gasteiger partial charge in [-0.2, -0.15) is 0 Å². The van der Waals surface area contributed by atoms with Crippen molar-refractivity contribution >= 4 is 33.2 Å². The van der Waals surface area contributed by atoms with Crippen LogP contribution in [0.5, 0.6) is 11.5 Å². The van der Waals surface area contributed by atoms with Crippen molar-refractivity contribution in [3.8, 4) is 11.5 Å². The summed E-state index contributed by atoms with van der Waals surface area (Å²) in [5.41, 5.74) is 0.930. The van der Waals surface area contributed by atoms with E-state index < -0.39 is 27.8 Å². The monoisotopic (exact) mass is 508 g/mol. The number of nitrogens with zero attached hydrogens (tertiary/aromatic N) is 1. The highest BCUT2D eigenvalue weighted by molar-refractivity contribution is 7.89. The van der Waals surface area contributed by atoms with Gasteiger partial charge in [0.2, 0.25) is 10.0 Å². The minimum atomic E-state index is -3.96. The number of hydrogen-bond acceptors (Lipinski definition) is 7. The summed E-state index contributed by atoms with van der Waals surface area (Å²) in [4.78, 5) is 27.6. The fourth-order valence-electron chi connectivity index (χ4n) is 4.08. The summed E-state index contributed by atoms with van der Waals surface area (Å²) in [5, 5.41) is 16.5. The molecule has 0 aliphatic carbocycles. The van der Waals surface area contributed by atoms with Gasteiger partial charge in [0, 0.05) is 11.3 Å². The highest BCUT2D eigenvalue weighted by Crippen LogP contribution is 2.43. The molecule has 3 aromatic rings.